The van der Waals surface area contributed by atoms with Gasteiger partial charge in [0, 0.05) is 12.3 Å². The first-order valence-electron chi connectivity index (χ1n) is 5.92. The van der Waals surface area contributed by atoms with Gasteiger partial charge >= 0.3 is 0 Å². The van der Waals surface area contributed by atoms with Crippen LogP contribution in [0.2, 0.25) is 0 Å². The van der Waals surface area contributed by atoms with E-state index < -0.39 is 5.82 Å². The van der Waals surface area contributed by atoms with Gasteiger partial charge in [0.05, 0.1) is 5.69 Å². The maximum absolute atomic E-state index is 13.0. The van der Waals surface area contributed by atoms with E-state index in [2.05, 4.69) is 10.1 Å². The minimum Gasteiger partial charge on any atom is -0.396 e. The van der Waals surface area contributed by atoms with Gasteiger partial charge in [0.15, 0.2) is 5.82 Å². The van der Waals surface area contributed by atoms with Gasteiger partial charge in [-0.1, -0.05) is 25.1 Å². The fraction of sp³-hybridized carbons (Fsp3) is 0.385. The number of hydrogen-bond donors (Lipinski definition) is 1. The van der Waals surface area contributed by atoms with E-state index in [1.807, 2.05) is 13.8 Å². The van der Waals surface area contributed by atoms with Crippen molar-refractivity contribution in [3.05, 3.63) is 41.3 Å². The molecule has 18 heavy (non-hydrogen) atoms. The van der Waals surface area contributed by atoms with Crippen LogP contribution in [-0.4, -0.2) is 10.1 Å². The van der Waals surface area contributed by atoms with Crippen LogP contribution in [0.1, 0.15) is 37.0 Å². The molecular weight excluding hydrogens is 233 g/mol. The van der Waals surface area contributed by atoms with Crippen LogP contribution >= 0.6 is 0 Å². The second kappa shape index (κ2) is 5.16. The van der Waals surface area contributed by atoms with Crippen molar-refractivity contribution in [2.24, 2.45) is 0 Å². The highest BCUT2D eigenvalue weighted by molar-refractivity contribution is 5.42. The topological polar surface area (TPSA) is 64.9 Å². The van der Waals surface area contributed by atoms with Crippen molar-refractivity contribution in [3.8, 4) is 0 Å². The smallest absolute Gasteiger partial charge is 0.226 e. The van der Waals surface area contributed by atoms with E-state index in [4.69, 9.17) is 10.3 Å². The monoisotopic (exact) mass is 249 g/mol. The molecule has 2 aromatic rings. The van der Waals surface area contributed by atoms with Crippen LogP contribution in [0.5, 0.6) is 0 Å². The number of nitrogen functional groups attached to an aromatic ring is 1. The summed E-state index contributed by atoms with van der Waals surface area (Å²) in [6, 6.07) is 4.72. The Hall–Kier alpha value is -1.91. The highest BCUT2D eigenvalue weighted by Gasteiger charge is 2.09. The van der Waals surface area contributed by atoms with Crippen LogP contribution in [0, 0.1) is 5.82 Å². The molecule has 1 aromatic carbocycles. The Kier molecular flexibility index (Phi) is 3.60. The minimum atomic E-state index is -0.390. The van der Waals surface area contributed by atoms with Crippen LogP contribution < -0.4 is 5.73 Å². The Balaban J connectivity index is 2.00. The number of hydrogen-bond acceptors (Lipinski definition) is 4. The van der Waals surface area contributed by atoms with Crippen molar-refractivity contribution in [2.75, 3.05) is 5.73 Å². The number of rotatable bonds is 4. The molecule has 5 heteroatoms. The molecule has 0 fully saturated rings. The lowest BCUT2D eigenvalue weighted by molar-refractivity contribution is 0.371. The summed E-state index contributed by atoms with van der Waals surface area (Å²) in [5.74, 6) is 1.17. The fourth-order valence-electron chi connectivity index (χ4n) is 1.60. The molecule has 0 amide bonds. The first-order chi connectivity index (χ1) is 8.56. The quantitative estimate of drug-likeness (QED) is 0.846. The molecule has 0 saturated heterocycles. The van der Waals surface area contributed by atoms with E-state index in [1.54, 1.807) is 12.1 Å². The number of halogens is 1. The van der Waals surface area contributed by atoms with E-state index in [0.717, 1.165) is 5.56 Å². The summed E-state index contributed by atoms with van der Waals surface area (Å²) >= 11 is 0. The number of nitrogens with two attached hydrogens (primary N) is 1. The summed E-state index contributed by atoms with van der Waals surface area (Å²) in [4.78, 5) is 4.28. The number of anilines is 1. The molecule has 96 valence electrons. The van der Waals surface area contributed by atoms with Gasteiger partial charge in [0.25, 0.3) is 0 Å². The van der Waals surface area contributed by atoms with Crippen molar-refractivity contribution in [1.29, 1.82) is 0 Å². The molecule has 0 unspecified atom stereocenters. The van der Waals surface area contributed by atoms with E-state index in [-0.39, 0.29) is 11.6 Å². The Morgan fingerprint density at radius 2 is 2.11 bits per heavy atom. The van der Waals surface area contributed by atoms with Gasteiger partial charge in [0.2, 0.25) is 5.89 Å². The van der Waals surface area contributed by atoms with Crippen LogP contribution in [0.25, 0.3) is 0 Å². The summed E-state index contributed by atoms with van der Waals surface area (Å²) in [6.45, 7) is 4.02. The molecule has 0 bridgehead atoms. The molecule has 0 radical (unpaired) electrons. The zero-order valence-corrected chi connectivity index (χ0v) is 10.5. The van der Waals surface area contributed by atoms with Gasteiger partial charge < -0.3 is 10.3 Å². The van der Waals surface area contributed by atoms with Gasteiger partial charge in [-0.2, -0.15) is 4.98 Å². The largest absolute Gasteiger partial charge is 0.396 e. The lowest BCUT2D eigenvalue weighted by Gasteiger charge is -2.01. The van der Waals surface area contributed by atoms with Crippen molar-refractivity contribution < 1.29 is 8.91 Å². The Labute approximate surface area is 105 Å². The third-order valence-corrected chi connectivity index (χ3v) is 2.69. The number of nitrogens with zero attached hydrogens (tertiary/aromatic N) is 2. The summed E-state index contributed by atoms with van der Waals surface area (Å²) in [5, 5.41) is 3.89. The average molecular weight is 249 g/mol. The van der Waals surface area contributed by atoms with Gasteiger partial charge in [-0.15, -0.1) is 0 Å². The zero-order valence-electron chi connectivity index (χ0n) is 10.5. The lowest BCUT2D eigenvalue weighted by atomic mass is 10.1. The van der Waals surface area contributed by atoms with Crippen molar-refractivity contribution >= 4 is 5.69 Å². The van der Waals surface area contributed by atoms with Crippen LogP contribution in [-0.2, 0) is 12.8 Å². The molecule has 0 saturated carbocycles. The van der Waals surface area contributed by atoms with Crippen LogP contribution in [0.15, 0.2) is 22.7 Å². The Morgan fingerprint density at radius 3 is 2.72 bits per heavy atom. The third-order valence-electron chi connectivity index (χ3n) is 2.69. The number of benzene rings is 1. The molecule has 0 aliphatic heterocycles. The van der Waals surface area contributed by atoms with Crippen LogP contribution in [0.4, 0.5) is 10.1 Å². The predicted molar refractivity (Wildman–Crippen MR) is 66.6 cm³/mol. The summed E-state index contributed by atoms with van der Waals surface area (Å²) in [7, 11) is 0. The van der Waals surface area contributed by atoms with E-state index in [0.29, 0.717) is 24.6 Å². The van der Waals surface area contributed by atoms with Gasteiger partial charge in [-0.05, 0) is 24.1 Å². The predicted octanol–water partition coefficient (Wildman–Crippen LogP) is 2.70. The van der Waals surface area contributed by atoms with Crippen LogP contribution in [0.3, 0.4) is 0 Å². The third kappa shape index (κ3) is 2.85. The minimum absolute atomic E-state index is 0.167. The van der Waals surface area contributed by atoms with Gasteiger partial charge in [0.1, 0.15) is 5.82 Å². The molecule has 0 aliphatic carbocycles. The second-order valence-electron chi connectivity index (χ2n) is 4.56. The highest BCUT2D eigenvalue weighted by atomic mass is 19.1. The first-order valence-corrected chi connectivity index (χ1v) is 5.92. The standard InChI is InChI=1S/C13H16FN3O/c1-8(2)13-16-12(18-17-13)6-4-9-3-5-10(14)11(15)7-9/h3,5,7-8H,4,6,15H2,1-2H3. The maximum atomic E-state index is 13.0. The molecule has 4 nitrogen and oxygen atoms in total. The molecule has 2 rings (SSSR count). The number of aryl methyl sites for hydroxylation is 2. The Morgan fingerprint density at radius 1 is 1.33 bits per heavy atom. The molecule has 0 spiro atoms. The van der Waals surface area contributed by atoms with Crippen molar-refractivity contribution in [1.82, 2.24) is 10.1 Å². The zero-order chi connectivity index (χ0) is 13.1. The molecule has 1 heterocycles. The molecule has 1 aromatic heterocycles. The molecule has 2 N–H and O–H groups in total. The normalized spacial score (nSPS) is 11.1. The Bertz CT molecular complexity index is 537. The average Bonchev–Trinajstić information content (AvgIpc) is 2.79. The van der Waals surface area contributed by atoms with Gasteiger partial charge in [-0.25, -0.2) is 4.39 Å². The van der Waals surface area contributed by atoms with E-state index in [1.165, 1.54) is 6.07 Å². The summed E-state index contributed by atoms with van der Waals surface area (Å²) in [5.41, 5.74) is 6.63. The second-order valence-corrected chi connectivity index (χ2v) is 4.56. The van der Waals surface area contributed by atoms with E-state index >= 15 is 0 Å². The fourth-order valence-corrected chi connectivity index (χ4v) is 1.60. The lowest BCUT2D eigenvalue weighted by Crippen LogP contribution is -1.96. The van der Waals surface area contributed by atoms with Gasteiger partial charge in [-0.3, -0.25) is 0 Å². The molecule has 0 aliphatic rings. The first kappa shape index (κ1) is 12.5. The summed E-state index contributed by atoms with van der Waals surface area (Å²) < 4.78 is 18.1. The van der Waals surface area contributed by atoms with Crippen molar-refractivity contribution in [3.63, 3.8) is 0 Å². The molecular formula is C13H16FN3O. The summed E-state index contributed by atoms with van der Waals surface area (Å²) in [6.07, 6.45) is 1.33. The number of aromatic nitrogens is 2. The SMILES string of the molecule is CC(C)c1noc(CCc2ccc(F)c(N)c2)n1. The highest BCUT2D eigenvalue weighted by Crippen LogP contribution is 2.15. The van der Waals surface area contributed by atoms with E-state index in [9.17, 15) is 4.39 Å². The van der Waals surface area contributed by atoms with Crippen molar-refractivity contribution in [2.45, 2.75) is 32.6 Å². The molecule has 0 atom stereocenters. The maximum Gasteiger partial charge on any atom is 0.226 e.